The van der Waals surface area contributed by atoms with Gasteiger partial charge in [-0.2, -0.15) is 0 Å². The molecule has 1 fully saturated rings. The average molecular weight is 243 g/mol. The summed E-state index contributed by atoms with van der Waals surface area (Å²) in [7, 11) is 0. The Hall–Kier alpha value is -1.30. The molecule has 6 heteroatoms. The molecule has 0 radical (unpaired) electrons. The third kappa shape index (κ3) is 2.88. The van der Waals surface area contributed by atoms with Gasteiger partial charge in [0.2, 0.25) is 5.91 Å². The van der Waals surface area contributed by atoms with Gasteiger partial charge >= 0.3 is 0 Å². The standard InChI is InChI=1S/C11H21N3O3/c1-3-17-5-4-13-10(15)11(9(12)14-16)6-8(2)7-11/h8,16H,3-7H2,1-2H3,(H2,12,14)(H,13,15). The third-order valence-corrected chi connectivity index (χ3v) is 3.16. The lowest BCUT2D eigenvalue weighted by Gasteiger charge is -2.43. The zero-order chi connectivity index (χ0) is 12.9. The van der Waals surface area contributed by atoms with Crippen molar-refractivity contribution in [2.24, 2.45) is 22.2 Å². The summed E-state index contributed by atoms with van der Waals surface area (Å²) in [5.74, 6) is 0.253. The van der Waals surface area contributed by atoms with Crippen LogP contribution in [0.3, 0.4) is 0 Å². The second-order valence-electron chi connectivity index (χ2n) is 4.53. The molecule has 1 rings (SSSR count). The molecule has 1 saturated carbocycles. The number of nitrogens with zero attached hydrogens (tertiary/aromatic N) is 1. The molecule has 0 atom stereocenters. The van der Waals surface area contributed by atoms with E-state index in [1.54, 1.807) is 0 Å². The van der Waals surface area contributed by atoms with E-state index in [2.05, 4.69) is 10.5 Å². The van der Waals surface area contributed by atoms with Gasteiger partial charge in [-0.25, -0.2) is 0 Å². The van der Waals surface area contributed by atoms with Crippen molar-refractivity contribution in [3.63, 3.8) is 0 Å². The number of carbonyl (C=O) groups excluding carboxylic acids is 1. The Morgan fingerprint density at radius 1 is 1.65 bits per heavy atom. The quantitative estimate of drug-likeness (QED) is 0.205. The molecule has 0 spiro atoms. The van der Waals surface area contributed by atoms with Crippen molar-refractivity contribution < 1.29 is 14.7 Å². The first-order chi connectivity index (χ1) is 8.06. The van der Waals surface area contributed by atoms with Crippen molar-refractivity contribution in [2.75, 3.05) is 19.8 Å². The molecule has 0 aliphatic heterocycles. The number of nitrogens with two attached hydrogens (primary N) is 1. The van der Waals surface area contributed by atoms with Crippen LogP contribution in [-0.2, 0) is 9.53 Å². The number of nitrogens with one attached hydrogen (secondary N) is 1. The zero-order valence-electron chi connectivity index (χ0n) is 10.4. The predicted molar refractivity (Wildman–Crippen MR) is 63.7 cm³/mol. The summed E-state index contributed by atoms with van der Waals surface area (Å²) in [5.41, 5.74) is 4.80. The molecule has 0 aromatic carbocycles. The summed E-state index contributed by atoms with van der Waals surface area (Å²) < 4.78 is 5.13. The lowest BCUT2D eigenvalue weighted by atomic mass is 9.61. The van der Waals surface area contributed by atoms with Gasteiger partial charge in [0.1, 0.15) is 5.41 Å². The number of hydrogen-bond acceptors (Lipinski definition) is 4. The lowest BCUT2D eigenvalue weighted by Crippen LogP contribution is -2.57. The second-order valence-corrected chi connectivity index (χ2v) is 4.53. The molecule has 98 valence electrons. The fourth-order valence-electron chi connectivity index (χ4n) is 2.29. The Balaban J connectivity index is 2.51. The van der Waals surface area contributed by atoms with Crippen LogP contribution in [0.5, 0.6) is 0 Å². The van der Waals surface area contributed by atoms with E-state index in [9.17, 15) is 4.79 Å². The van der Waals surface area contributed by atoms with Gasteiger partial charge < -0.3 is 21.0 Å². The first-order valence-electron chi connectivity index (χ1n) is 5.91. The Labute approximate surface area is 101 Å². The maximum Gasteiger partial charge on any atom is 0.234 e. The number of carbonyl (C=O) groups is 1. The van der Waals surface area contributed by atoms with E-state index in [-0.39, 0.29) is 11.7 Å². The number of amidine groups is 1. The SMILES string of the molecule is CCOCCNC(=O)C1(C(N)=NO)CC(C)C1. The molecule has 1 aliphatic rings. The van der Waals surface area contributed by atoms with Crippen molar-refractivity contribution in [3.05, 3.63) is 0 Å². The minimum Gasteiger partial charge on any atom is -0.409 e. The normalized spacial score (nSPS) is 28.6. The molecular weight excluding hydrogens is 222 g/mol. The molecular formula is C11H21N3O3. The maximum atomic E-state index is 12.0. The fraction of sp³-hybridized carbons (Fsp3) is 0.818. The minimum absolute atomic E-state index is 0.00418. The van der Waals surface area contributed by atoms with E-state index >= 15 is 0 Å². The molecule has 0 heterocycles. The van der Waals surface area contributed by atoms with Gasteiger partial charge in [0.25, 0.3) is 0 Å². The fourth-order valence-corrected chi connectivity index (χ4v) is 2.29. The van der Waals surface area contributed by atoms with Crippen molar-refractivity contribution in [1.29, 1.82) is 0 Å². The van der Waals surface area contributed by atoms with Crippen LogP contribution in [0.15, 0.2) is 5.16 Å². The van der Waals surface area contributed by atoms with Gasteiger partial charge in [-0.3, -0.25) is 4.79 Å². The highest BCUT2D eigenvalue weighted by Crippen LogP contribution is 2.45. The molecule has 17 heavy (non-hydrogen) atoms. The van der Waals surface area contributed by atoms with Crippen LogP contribution in [0.4, 0.5) is 0 Å². The third-order valence-electron chi connectivity index (χ3n) is 3.16. The Bertz CT molecular complexity index is 298. The van der Waals surface area contributed by atoms with Crippen LogP contribution < -0.4 is 11.1 Å². The van der Waals surface area contributed by atoms with Crippen LogP contribution in [0.1, 0.15) is 26.7 Å². The summed E-state index contributed by atoms with van der Waals surface area (Å²) >= 11 is 0. The van der Waals surface area contributed by atoms with Crippen molar-refractivity contribution in [3.8, 4) is 0 Å². The average Bonchev–Trinajstić information content (AvgIpc) is 2.29. The van der Waals surface area contributed by atoms with Gasteiger partial charge in [-0.1, -0.05) is 12.1 Å². The highest BCUT2D eigenvalue weighted by Gasteiger charge is 2.51. The number of oxime groups is 1. The van der Waals surface area contributed by atoms with E-state index in [0.29, 0.717) is 38.5 Å². The first kappa shape index (κ1) is 13.8. The number of hydrogen-bond donors (Lipinski definition) is 3. The smallest absolute Gasteiger partial charge is 0.234 e. The first-order valence-corrected chi connectivity index (χ1v) is 5.91. The Kier molecular flexibility index (Phi) is 4.74. The monoisotopic (exact) mass is 243 g/mol. The molecule has 0 bridgehead atoms. The van der Waals surface area contributed by atoms with Crippen LogP contribution >= 0.6 is 0 Å². The number of ether oxygens (including phenoxy) is 1. The van der Waals surface area contributed by atoms with Gasteiger partial charge in [0, 0.05) is 13.2 Å². The highest BCUT2D eigenvalue weighted by atomic mass is 16.5. The van der Waals surface area contributed by atoms with E-state index < -0.39 is 5.41 Å². The Morgan fingerprint density at radius 2 is 2.29 bits per heavy atom. The van der Waals surface area contributed by atoms with Crippen LogP contribution in [0.25, 0.3) is 0 Å². The summed E-state index contributed by atoms with van der Waals surface area (Å²) in [6, 6.07) is 0. The summed E-state index contributed by atoms with van der Waals surface area (Å²) in [5, 5.41) is 14.5. The maximum absolute atomic E-state index is 12.0. The van der Waals surface area contributed by atoms with Crippen LogP contribution in [0, 0.1) is 11.3 Å². The number of rotatable bonds is 6. The predicted octanol–water partition coefficient (Wildman–Crippen LogP) is 0.302. The van der Waals surface area contributed by atoms with Crippen molar-refractivity contribution >= 4 is 11.7 Å². The molecule has 1 aliphatic carbocycles. The highest BCUT2D eigenvalue weighted by molar-refractivity contribution is 6.07. The van der Waals surface area contributed by atoms with Gasteiger partial charge in [0.05, 0.1) is 6.61 Å². The lowest BCUT2D eigenvalue weighted by molar-refractivity contribution is -0.133. The Morgan fingerprint density at radius 3 is 2.76 bits per heavy atom. The topological polar surface area (TPSA) is 96.9 Å². The number of amides is 1. The van der Waals surface area contributed by atoms with Crippen LogP contribution in [0.2, 0.25) is 0 Å². The van der Waals surface area contributed by atoms with Gasteiger partial charge in [0.15, 0.2) is 5.84 Å². The molecule has 0 saturated heterocycles. The molecule has 1 amide bonds. The van der Waals surface area contributed by atoms with E-state index in [1.165, 1.54) is 0 Å². The van der Waals surface area contributed by atoms with Crippen LogP contribution in [-0.4, -0.2) is 36.7 Å². The van der Waals surface area contributed by atoms with Crippen molar-refractivity contribution in [2.45, 2.75) is 26.7 Å². The van der Waals surface area contributed by atoms with Crippen molar-refractivity contribution in [1.82, 2.24) is 5.32 Å². The minimum atomic E-state index is -0.819. The molecule has 0 aromatic heterocycles. The molecule has 0 unspecified atom stereocenters. The summed E-state index contributed by atoms with van der Waals surface area (Å²) in [6.07, 6.45) is 1.26. The van der Waals surface area contributed by atoms with Gasteiger partial charge in [-0.05, 0) is 25.7 Å². The molecule has 0 aromatic rings. The second kappa shape index (κ2) is 5.86. The largest absolute Gasteiger partial charge is 0.409 e. The van der Waals surface area contributed by atoms with E-state index in [0.717, 1.165) is 0 Å². The summed E-state index contributed by atoms with van der Waals surface area (Å²) in [6.45, 7) is 5.48. The van der Waals surface area contributed by atoms with E-state index in [4.69, 9.17) is 15.7 Å². The van der Waals surface area contributed by atoms with E-state index in [1.807, 2.05) is 13.8 Å². The molecule has 6 nitrogen and oxygen atoms in total. The molecule has 4 N–H and O–H groups in total. The zero-order valence-corrected chi connectivity index (χ0v) is 10.4. The van der Waals surface area contributed by atoms with Gasteiger partial charge in [-0.15, -0.1) is 0 Å². The summed E-state index contributed by atoms with van der Waals surface area (Å²) in [4.78, 5) is 12.0.